The fraction of sp³-hybridized carbons (Fsp3) is 0.481. The first-order valence-electron chi connectivity index (χ1n) is 12.4. The lowest BCUT2D eigenvalue weighted by molar-refractivity contribution is -0.139. The quantitative estimate of drug-likeness (QED) is 0.413. The predicted octanol–water partition coefficient (Wildman–Crippen LogP) is 3.62. The van der Waals surface area contributed by atoms with Crippen LogP contribution < -0.4 is 14.4 Å². The van der Waals surface area contributed by atoms with Gasteiger partial charge in [0.05, 0.1) is 18.6 Å². The minimum atomic E-state index is -3.77. The zero-order valence-corrected chi connectivity index (χ0v) is 22.8. The van der Waals surface area contributed by atoms with E-state index in [0.29, 0.717) is 30.9 Å². The fourth-order valence-corrected chi connectivity index (χ4v) is 4.68. The Bertz CT molecular complexity index is 1070. The van der Waals surface area contributed by atoms with Gasteiger partial charge in [-0.3, -0.25) is 13.9 Å². The third-order valence-corrected chi connectivity index (χ3v) is 7.13. The molecule has 8 nitrogen and oxygen atoms in total. The van der Waals surface area contributed by atoms with Gasteiger partial charge >= 0.3 is 0 Å². The highest BCUT2D eigenvalue weighted by Gasteiger charge is 2.31. The van der Waals surface area contributed by atoms with Crippen LogP contribution in [0, 0.1) is 0 Å². The van der Waals surface area contributed by atoms with E-state index in [2.05, 4.69) is 5.32 Å². The molecule has 198 valence electrons. The van der Waals surface area contributed by atoms with Gasteiger partial charge in [0.25, 0.3) is 0 Å². The van der Waals surface area contributed by atoms with E-state index >= 15 is 0 Å². The first kappa shape index (κ1) is 29.2. The number of anilines is 1. The fourth-order valence-electron chi connectivity index (χ4n) is 3.83. The van der Waals surface area contributed by atoms with Gasteiger partial charge in [-0.2, -0.15) is 0 Å². The van der Waals surface area contributed by atoms with Crippen molar-refractivity contribution in [3.63, 3.8) is 0 Å². The minimum Gasteiger partial charge on any atom is -0.494 e. The lowest BCUT2D eigenvalue weighted by Crippen LogP contribution is -2.54. The molecular formula is C27H39N3O5S. The highest BCUT2D eigenvalue weighted by molar-refractivity contribution is 7.92. The number of sulfonamides is 1. The molecule has 0 saturated heterocycles. The highest BCUT2D eigenvalue weighted by atomic mass is 32.2. The summed E-state index contributed by atoms with van der Waals surface area (Å²) in [6.45, 7) is 7.97. The Morgan fingerprint density at radius 1 is 0.972 bits per heavy atom. The van der Waals surface area contributed by atoms with Crippen LogP contribution in [0.15, 0.2) is 54.6 Å². The van der Waals surface area contributed by atoms with E-state index in [1.54, 1.807) is 24.3 Å². The molecule has 2 amide bonds. The molecule has 2 atom stereocenters. The summed E-state index contributed by atoms with van der Waals surface area (Å²) in [6.07, 6.45) is 2.78. The summed E-state index contributed by atoms with van der Waals surface area (Å²) in [7, 11) is -3.77. The van der Waals surface area contributed by atoms with E-state index in [1.807, 2.05) is 58.0 Å². The van der Waals surface area contributed by atoms with Gasteiger partial charge in [0.1, 0.15) is 18.3 Å². The molecule has 2 aromatic carbocycles. The Morgan fingerprint density at radius 3 is 2.14 bits per heavy atom. The van der Waals surface area contributed by atoms with Crippen LogP contribution in [0.5, 0.6) is 5.75 Å². The van der Waals surface area contributed by atoms with Crippen LogP contribution in [0.2, 0.25) is 0 Å². The molecule has 0 heterocycles. The lowest BCUT2D eigenvalue weighted by atomic mass is 10.1. The van der Waals surface area contributed by atoms with E-state index in [9.17, 15) is 18.0 Å². The van der Waals surface area contributed by atoms with Crippen LogP contribution in [0.1, 0.15) is 46.1 Å². The summed E-state index contributed by atoms with van der Waals surface area (Å²) >= 11 is 0. The molecule has 2 aromatic rings. The third kappa shape index (κ3) is 8.55. The monoisotopic (exact) mass is 517 g/mol. The maximum Gasteiger partial charge on any atom is 0.244 e. The van der Waals surface area contributed by atoms with Crippen LogP contribution in [0.3, 0.4) is 0 Å². The van der Waals surface area contributed by atoms with E-state index in [-0.39, 0.29) is 18.5 Å². The number of carbonyl (C=O) groups is 2. The number of ether oxygens (including phenoxy) is 1. The summed E-state index contributed by atoms with van der Waals surface area (Å²) < 4.78 is 31.9. The molecule has 0 unspecified atom stereocenters. The SMILES string of the molecule is CCOc1ccc(N(CC(=O)N(CCc2ccccc2)[C@H](CC)C(=O)N[C@@H](C)CC)S(C)(=O)=O)cc1. The smallest absolute Gasteiger partial charge is 0.244 e. The minimum absolute atomic E-state index is 0.0333. The number of benzene rings is 2. The zero-order chi connectivity index (χ0) is 26.7. The van der Waals surface area contributed by atoms with Crippen LogP contribution in [0.4, 0.5) is 5.69 Å². The standard InChI is InChI=1S/C27H39N3O5S/c1-6-21(4)28-27(32)25(7-2)29(19-18-22-12-10-9-11-13-22)26(31)20-30(36(5,33)34)23-14-16-24(17-15-23)35-8-3/h9-17,21,25H,6-8,18-20H2,1-5H3,(H,28,32)/t21-,25+/m0/s1. The molecule has 0 spiro atoms. The molecule has 2 rings (SSSR count). The van der Waals surface area contributed by atoms with Gasteiger partial charge in [0.15, 0.2) is 0 Å². The molecule has 1 N–H and O–H groups in total. The van der Waals surface area contributed by atoms with Crippen LogP contribution in [0.25, 0.3) is 0 Å². The van der Waals surface area contributed by atoms with Gasteiger partial charge in [0, 0.05) is 12.6 Å². The van der Waals surface area contributed by atoms with Crippen molar-refractivity contribution in [1.29, 1.82) is 0 Å². The van der Waals surface area contributed by atoms with Crippen LogP contribution >= 0.6 is 0 Å². The summed E-state index contributed by atoms with van der Waals surface area (Å²) in [6, 6.07) is 15.5. The maximum atomic E-state index is 13.6. The molecule has 0 aliphatic rings. The number of nitrogens with one attached hydrogen (secondary N) is 1. The average Bonchev–Trinajstić information content (AvgIpc) is 2.85. The zero-order valence-electron chi connectivity index (χ0n) is 21.9. The van der Waals surface area contributed by atoms with E-state index < -0.39 is 28.5 Å². The van der Waals surface area contributed by atoms with Gasteiger partial charge < -0.3 is 15.0 Å². The molecule has 9 heteroatoms. The van der Waals surface area contributed by atoms with E-state index in [4.69, 9.17) is 4.74 Å². The van der Waals surface area contributed by atoms with Gasteiger partial charge in [-0.05, 0) is 62.9 Å². The van der Waals surface area contributed by atoms with Crippen molar-refractivity contribution in [3.05, 3.63) is 60.2 Å². The van der Waals surface area contributed by atoms with Crippen LogP contribution in [-0.2, 0) is 26.0 Å². The van der Waals surface area contributed by atoms with Crippen molar-refractivity contribution < 1.29 is 22.7 Å². The van der Waals surface area contributed by atoms with Gasteiger partial charge in [-0.15, -0.1) is 0 Å². The van der Waals surface area contributed by atoms with Gasteiger partial charge in [0.2, 0.25) is 21.8 Å². The Balaban J connectivity index is 2.34. The number of carbonyl (C=O) groups excluding carboxylic acids is 2. The molecule has 0 aliphatic carbocycles. The van der Waals surface area contributed by atoms with Crippen molar-refractivity contribution in [2.24, 2.45) is 0 Å². The second-order valence-electron chi connectivity index (χ2n) is 8.76. The first-order valence-corrected chi connectivity index (χ1v) is 14.3. The molecule has 0 fully saturated rings. The first-order chi connectivity index (χ1) is 17.1. The van der Waals surface area contributed by atoms with Crippen LogP contribution in [-0.4, -0.2) is 63.2 Å². The molecule has 0 aromatic heterocycles. The Hall–Kier alpha value is -3.07. The van der Waals surface area contributed by atoms with E-state index in [0.717, 1.165) is 22.5 Å². The van der Waals surface area contributed by atoms with Crippen molar-refractivity contribution in [1.82, 2.24) is 10.2 Å². The molecular weight excluding hydrogens is 478 g/mol. The second-order valence-corrected chi connectivity index (χ2v) is 10.7. The number of hydrogen-bond donors (Lipinski definition) is 1. The van der Waals surface area contributed by atoms with Gasteiger partial charge in [-0.1, -0.05) is 44.2 Å². The number of hydrogen-bond acceptors (Lipinski definition) is 5. The highest BCUT2D eigenvalue weighted by Crippen LogP contribution is 2.22. The lowest BCUT2D eigenvalue weighted by Gasteiger charge is -2.33. The number of nitrogens with zero attached hydrogens (tertiary/aromatic N) is 2. The third-order valence-electron chi connectivity index (χ3n) is 5.99. The number of rotatable bonds is 14. The Kier molecular flexibility index (Phi) is 11.2. The second kappa shape index (κ2) is 13.9. The molecule has 0 saturated carbocycles. The Labute approximate surface area is 215 Å². The number of amides is 2. The Morgan fingerprint density at radius 2 is 1.61 bits per heavy atom. The van der Waals surface area contributed by atoms with Gasteiger partial charge in [-0.25, -0.2) is 8.42 Å². The molecule has 0 aliphatic heterocycles. The molecule has 36 heavy (non-hydrogen) atoms. The van der Waals surface area contributed by atoms with Crippen molar-refractivity contribution >= 4 is 27.5 Å². The summed E-state index contributed by atoms with van der Waals surface area (Å²) in [4.78, 5) is 28.3. The normalized spacial score (nSPS) is 12.9. The summed E-state index contributed by atoms with van der Waals surface area (Å²) in [5, 5.41) is 2.97. The van der Waals surface area contributed by atoms with Crippen molar-refractivity contribution in [2.75, 3.05) is 30.3 Å². The molecule has 0 bridgehead atoms. The van der Waals surface area contributed by atoms with Crippen molar-refractivity contribution in [2.45, 2.75) is 59.0 Å². The average molecular weight is 518 g/mol. The maximum absolute atomic E-state index is 13.6. The molecule has 0 radical (unpaired) electrons. The summed E-state index contributed by atoms with van der Waals surface area (Å²) in [5.41, 5.74) is 1.38. The predicted molar refractivity (Wildman–Crippen MR) is 144 cm³/mol. The summed E-state index contributed by atoms with van der Waals surface area (Å²) in [5.74, 6) is -0.0603. The van der Waals surface area contributed by atoms with E-state index in [1.165, 1.54) is 4.90 Å². The largest absolute Gasteiger partial charge is 0.494 e. The topological polar surface area (TPSA) is 96.0 Å². The van der Waals surface area contributed by atoms with Crippen molar-refractivity contribution in [3.8, 4) is 5.75 Å².